The standard InChI is InChI=1S/C19H16ClN3O2S/c1-26(24,25)12-14-4-2-13(3-5-14)10-23-19-15(9-21)11-22-18-7-6-16(20)8-17(18)19/h2-8,11H,10,12H2,1H3,(H,22,23). The van der Waals surface area contributed by atoms with Crippen LogP contribution < -0.4 is 5.32 Å². The number of hydrogen-bond donors (Lipinski definition) is 1. The van der Waals surface area contributed by atoms with Gasteiger partial charge in [0.05, 0.1) is 22.5 Å². The summed E-state index contributed by atoms with van der Waals surface area (Å²) in [5, 5.41) is 14.0. The van der Waals surface area contributed by atoms with E-state index in [1.165, 1.54) is 12.5 Å². The third kappa shape index (κ3) is 4.31. The molecule has 0 bridgehead atoms. The molecule has 132 valence electrons. The highest BCUT2D eigenvalue weighted by molar-refractivity contribution is 7.89. The molecule has 0 radical (unpaired) electrons. The average Bonchev–Trinajstić information content (AvgIpc) is 2.59. The summed E-state index contributed by atoms with van der Waals surface area (Å²) in [6.07, 6.45) is 2.75. The Bertz CT molecular complexity index is 1100. The summed E-state index contributed by atoms with van der Waals surface area (Å²) in [4.78, 5) is 4.28. The van der Waals surface area contributed by atoms with Gasteiger partial charge in [-0.25, -0.2) is 8.42 Å². The van der Waals surface area contributed by atoms with Gasteiger partial charge in [0.15, 0.2) is 9.84 Å². The Balaban J connectivity index is 1.85. The quantitative estimate of drug-likeness (QED) is 0.719. The van der Waals surface area contributed by atoms with E-state index in [1.54, 1.807) is 24.3 Å². The number of fused-ring (bicyclic) bond motifs is 1. The minimum absolute atomic E-state index is 0.0206. The van der Waals surface area contributed by atoms with Crippen molar-refractivity contribution >= 4 is 38.0 Å². The first kappa shape index (κ1) is 18.2. The van der Waals surface area contributed by atoms with Crippen LogP contribution in [0.4, 0.5) is 5.69 Å². The van der Waals surface area contributed by atoms with Crippen LogP contribution in [-0.4, -0.2) is 19.7 Å². The molecular weight excluding hydrogens is 370 g/mol. The van der Waals surface area contributed by atoms with Crippen LogP contribution >= 0.6 is 11.6 Å². The summed E-state index contributed by atoms with van der Waals surface area (Å²) in [5.74, 6) is 0.0206. The Morgan fingerprint density at radius 1 is 1.15 bits per heavy atom. The zero-order chi connectivity index (χ0) is 18.7. The Morgan fingerprint density at radius 3 is 2.50 bits per heavy atom. The molecule has 7 heteroatoms. The Morgan fingerprint density at radius 2 is 1.85 bits per heavy atom. The first-order valence-corrected chi connectivity index (χ1v) is 10.3. The smallest absolute Gasteiger partial charge is 0.151 e. The summed E-state index contributed by atoms with van der Waals surface area (Å²) >= 11 is 6.09. The number of nitriles is 1. The van der Waals surface area contributed by atoms with Crippen LogP contribution in [0.2, 0.25) is 5.02 Å². The maximum atomic E-state index is 11.4. The van der Waals surface area contributed by atoms with Gasteiger partial charge < -0.3 is 5.32 Å². The molecule has 2 aromatic carbocycles. The highest BCUT2D eigenvalue weighted by Gasteiger charge is 2.10. The van der Waals surface area contributed by atoms with E-state index < -0.39 is 9.84 Å². The van der Waals surface area contributed by atoms with E-state index in [1.807, 2.05) is 18.2 Å². The van der Waals surface area contributed by atoms with Gasteiger partial charge >= 0.3 is 0 Å². The highest BCUT2D eigenvalue weighted by atomic mass is 35.5. The monoisotopic (exact) mass is 385 g/mol. The van der Waals surface area contributed by atoms with Crippen molar-refractivity contribution < 1.29 is 8.42 Å². The number of sulfone groups is 1. The molecule has 0 saturated heterocycles. The van der Waals surface area contributed by atoms with Gasteiger partial charge in [0.2, 0.25) is 0 Å². The molecule has 0 unspecified atom stereocenters. The Labute approximate surface area is 157 Å². The molecule has 0 spiro atoms. The fraction of sp³-hybridized carbons (Fsp3) is 0.158. The molecule has 0 amide bonds. The van der Waals surface area contributed by atoms with Crippen molar-refractivity contribution in [2.24, 2.45) is 0 Å². The maximum absolute atomic E-state index is 11.4. The molecule has 0 fully saturated rings. The molecule has 1 N–H and O–H groups in total. The van der Waals surface area contributed by atoms with E-state index in [4.69, 9.17) is 11.6 Å². The summed E-state index contributed by atoms with van der Waals surface area (Å²) in [5.41, 5.74) is 3.58. The van der Waals surface area contributed by atoms with Crippen LogP contribution in [0.25, 0.3) is 10.9 Å². The van der Waals surface area contributed by atoms with Crippen molar-refractivity contribution in [3.05, 3.63) is 70.4 Å². The van der Waals surface area contributed by atoms with Crippen LogP contribution in [0.3, 0.4) is 0 Å². The topological polar surface area (TPSA) is 82.9 Å². The van der Waals surface area contributed by atoms with Gasteiger partial charge in [-0.15, -0.1) is 0 Å². The molecule has 3 rings (SSSR count). The Kier molecular flexibility index (Phi) is 5.12. The molecule has 26 heavy (non-hydrogen) atoms. The number of aromatic nitrogens is 1. The summed E-state index contributed by atoms with van der Waals surface area (Å²) in [6.45, 7) is 0.486. The van der Waals surface area contributed by atoms with Crippen LogP contribution in [0.5, 0.6) is 0 Å². The molecule has 0 saturated carbocycles. The van der Waals surface area contributed by atoms with E-state index in [9.17, 15) is 13.7 Å². The van der Waals surface area contributed by atoms with Gasteiger partial charge in [0.1, 0.15) is 6.07 Å². The number of nitrogens with zero attached hydrogens (tertiary/aromatic N) is 2. The van der Waals surface area contributed by atoms with E-state index >= 15 is 0 Å². The van der Waals surface area contributed by atoms with Crippen molar-refractivity contribution in [2.45, 2.75) is 12.3 Å². The number of benzene rings is 2. The molecule has 5 nitrogen and oxygen atoms in total. The van der Waals surface area contributed by atoms with E-state index in [0.29, 0.717) is 22.8 Å². The minimum Gasteiger partial charge on any atom is -0.379 e. The second kappa shape index (κ2) is 7.32. The Hall–Kier alpha value is -2.62. The average molecular weight is 386 g/mol. The van der Waals surface area contributed by atoms with E-state index in [0.717, 1.165) is 22.0 Å². The molecule has 0 aliphatic rings. The van der Waals surface area contributed by atoms with Gasteiger partial charge in [0.25, 0.3) is 0 Å². The van der Waals surface area contributed by atoms with Crippen molar-refractivity contribution in [3.63, 3.8) is 0 Å². The second-order valence-electron chi connectivity index (χ2n) is 6.06. The molecule has 0 aliphatic heterocycles. The zero-order valence-corrected chi connectivity index (χ0v) is 15.6. The third-order valence-electron chi connectivity index (χ3n) is 3.87. The molecule has 0 atom stereocenters. The fourth-order valence-electron chi connectivity index (χ4n) is 2.69. The van der Waals surface area contributed by atoms with Crippen LogP contribution in [0, 0.1) is 11.3 Å². The first-order chi connectivity index (χ1) is 12.4. The minimum atomic E-state index is -3.05. The largest absolute Gasteiger partial charge is 0.379 e. The summed E-state index contributed by atoms with van der Waals surface area (Å²) in [6, 6.07) is 14.8. The van der Waals surface area contributed by atoms with Gasteiger partial charge in [-0.1, -0.05) is 35.9 Å². The van der Waals surface area contributed by atoms with Crippen molar-refractivity contribution in [1.82, 2.24) is 4.98 Å². The zero-order valence-electron chi connectivity index (χ0n) is 14.0. The number of nitrogens with one attached hydrogen (secondary N) is 1. The van der Waals surface area contributed by atoms with Gasteiger partial charge in [-0.3, -0.25) is 4.98 Å². The lowest BCUT2D eigenvalue weighted by Crippen LogP contribution is -2.04. The predicted molar refractivity (Wildman–Crippen MR) is 104 cm³/mol. The number of hydrogen-bond acceptors (Lipinski definition) is 5. The SMILES string of the molecule is CS(=O)(=O)Cc1ccc(CNc2c(C#N)cnc3ccc(Cl)cc23)cc1. The maximum Gasteiger partial charge on any atom is 0.151 e. The second-order valence-corrected chi connectivity index (χ2v) is 8.64. The van der Waals surface area contributed by atoms with Crippen molar-refractivity contribution in [2.75, 3.05) is 11.6 Å². The molecule has 3 aromatic rings. The van der Waals surface area contributed by atoms with E-state index in [-0.39, 0.29) is 5.75 Å². The van der Waals surface area contributed by atoms with Gasteiger partial charge in [0, 0.05) is 29.4 Å². The van der Waals surface area contributed by atoms with Crippen molar-refractivity contribution in [3.8, 4) is 6.07 Å². The number of halogens is 1. The van der Waals surface area contributed by atoms with Crippen LogP contribution in [0.1, 0.15) is 16.7 Å². The normalized spacial score (nSPS) is 11.3. The lowest BCUT2D eigenvalue weighted by Gasteiger charge is -2.12. The first-order valence-electron chi connectivity index (χ1n) is 7.83. The van der Waals surface area contributed by atoms with Crippen LogP contribution in [-0.2, 0) is 22.1 Å². The number of pyridine rings is 1. The molecule has 0 aliphatic carbocycles. The molecule has 1 heterocycles. The number of anilines is 1. The highest BCUT2D eigenvalue weighted by Crippen LogP contribution is 2.28. The fourth-order valence-corrected chi connectivity index (χ4v) is 3.66. The van der Waals surface area contributed by atoms with Gasteiger partial charge in [-0.05, 0) is 29.3 Å². The molecule has 1 aromatic heterocycles. The lowest BCUT2D eigenvalue weighted by molar-refractivity contribution is 0.601. The van der Waals surface area contributed by atoms with E-state index in [2.05, 4.69) is 16.4 Å². The number of rotatable bonds is 5. The summed E-state index contributed by atoms with van der Waals surface area (Å²) < 4.78 is 22.7. The third-order valence-corrected chi connectivity index (χ3v) is 4.96. The summed E-state index contributed by atoms with van der Waals surface area (Å²) in [7, 11) is -3.05. The molecular formula is C19H16ClN3O2S. The lowest BCUT2D eigenvalue weighted by atomic mass is 10.1. The predicted octanol–water partition coefficient (Wildman–Crippen LogP) is 3.92. The van der Waals surface area contributed by atoms with Gasteiger partial charge in [-0.2, -0.15) is 5.26 Å². The van der Waals surface area contributed by atoms with Crippen LogP contribution in [0.15, 0.2) is 48.7 Å². The van der Waals surface area contributed by atoms with Crippen molar-refractivity contribution in [1.29, 1.82) is 5.26 Å².